The molecule has 2 N–H and O–H groups in total. The molecule has 1 aliphatic rings. The normalized spacial score (nSPS) is 20.3. The van der Waals surface area contributed by atoms with Crippen molar-refractivity contribution < 1.29 is 9.59 Å². The Kier molecular flexibility index (Phi) is 4.88. The van der Waals surface area contributed by atoms with Gasteiger partial charge in [0.25, 0.3) is 5.91 Å². The number of carbonyl (C=O) groups excluding carboxylic acids is 2. The first kappa shape index (κ1) is 18.9. The van der Waals surface area contributed by atoms with Gasteiger partial charge in [0.05, 0.1) is 22.0 Å². The largest absolute Gasteiger partial charge is 0.365 e. The van der Waals surface area contributed by atoms with Crippen LogP contribution in [0.15, 0.2) is 18.2 Å². The molecule has 8 heteroatoms. The molecular weight excluding hydrogens is 372 g/mol. The number of anilines is 1. The first-order valence-electron chi connectivity index (χ1n) is 8.53. The molecule has 1 atom stereocenters. The van der Waals surface area contributed by atoms with Crippen molar-refractivity contribution in [2.24, 2.45) is 5.41 Å². The Bertz CT molecular complexity index is 852. The van der Waals surface area contributed by atoms with Crippen LogP contribution in [0.25, 0.3) is 0 Å². The molecule has 140 valence electrons. The summed E-state index contributed by atoms with van der Waals surface area (Å²) in [4.78, 5) is 26.2. The molecule has 26 heavy (non-hydrogen) atoms. The number of hydrogen-bond donors (Lipinski definition) is 2. The highest BCUT2D eigenvalue weighted by atomic mass is 35.5. The smallest absolute Gasteiger partial charge is 0.254 e. The van der Waals surface area contributed by atoms with Crippen LogP contribution in [-0.4, -0.2) is 28.1 Å². The number of rotatable bonds is 4. The predicted molar refractivity (Wildman–Crippen MR) is 104 cm³/mol. The van der Waals surface area contributed by atoms with E-state index in [9.17, 15) is 9.59 Å². The summed E-state index contributed by atoms with van der Waals surface area (Å²) in [6.07, 6.45) is 0.659. The first-order chi connectivity index (χ1) is 12.1. The lowest BCUT2D eigenvalue weighted by Gasteiger charge is -2.19. The number of amides is 1. The third-order valence-corrected chi connectivity index (χ3v) is 5.82. The quantitative estimate of drug-likeness (QED) is 0.829. The number of nitrogens with one attached hydrogen (secondary N) is 2. The van der Waals surface area contributed by atoms with Crippen molar-refractivity contribution in [1.29, 1.82) is 0 Å². The first-order valence-corrected chi connectivity index (χ1v) is 9.72. The summed E-state index contributed by atoms with van der Waals surface area (Å²) < 4.78 is 2.11. The highest BCUT2D eigenvalue weighted by Crippen LogP contribution is 2.33. The van der Waals surface area contributed by atoms with E-state index in [1.807, 2.05) is 45.9 Å². The second-order valence-electron chi connectivity index (χ2n) is 7.78. The van der Waals surface area contributed by atoms with Gasteiger partial charge in [0, 0.05) is 22.9 Å². The molecule has 0 aromatic carbocycles. The van der Waals surface area contributed by atoms with Gasteiger partial charge in [0.1, 0.15) is 5.82 Å². The van der Waals surface area contributed by atoms with E-state index in [4.69, 9.17) is 11.6 Å². The van der Waals surface area contributed by atoms with Gasteiger partial charge in [0.15, 0.2) is 0 Å². The fourth-order valence-electron chi connectivity index (χ4n) is 2.85. The van der Waals surface area contributed by atoms with Crippen molar-refractivity contribution in [3.8, 4) is 0 Å². The van der Waals surface area contributed by atoms with Crippen LogP contribution >= 0.6 is 22.9 Å². The average molecular weight is 395 g/mol. The number of halogens is 1. The number of thiophene rings is 1. The lowest BCUT2D eigenvalue weighted by Crippen LogP contribution is -2.34. The van der Waals surface area contributed by atoms with Gasteiger partial charge in [-0.1, -0.05) is 32.4 Å². The van der Waals surface area contributed by atoms with E-state index in [1.165, 1.54) is 16.0 Å². The lowest BCUT2D eigenvalue weighted by molar-refractivity contribution is -0.123. The molecule has 1 unspecified atom stereocenters. The molecule has 0 radical (unpaired) electrons. The average Bonchev–Trinajstić information content (AvgIpc) is 3.24. The second-order valence-corrected chi connectivity index (χ2v) is 9.58. The summed E-state index contributed by atoms with van der Waals surface area (Å²) in [5.41, 5.74) is -0.700. The van der Waals surface area contributed by atoms with Crippen LogP contribution in [-0.2, 0) is 16.8 Å². The minimum absolute atomic E-state index is 0.0538. The van der Waals surface area contributed by atoms with Gasteiger partial charge < -0.3 is 10.6 Å². The highest BCUT2D eigenvalue weighted by molar-refractivity contribution is 7.16. The maximum absolute atomic E-state index is 12.9. The van der Waals surface area contributed by atoms with Crippen molar-refractivity contribution in [2.75, 3.05) is 11.9 Å². The van der Waals surface area contributed by atoms with Crippen LogP contribution in [0.2, 0.25) is 4.34 Å². The van der Waals surface area contributed by atoms with Crippen LogP contribution in [0.5, 0.6) is 0 Å². The van der Waals surface area contributed by atoms with Crippen molar-refractivity contribution >= 4 is 40.6 Å². The Morgan fingerprint density at radius 1 is 1.46 bits per heavy atom. The molecule has 3 heterocycles. The van der Waals surface area contributed by atoms with Gasteiger partial charge in [-0.3, -0.25) is 9.59 Å². The van der Waals surface area contributed by atoms with E-state index in [-0.39, 0.29) is 11.8 Å². The van der Waals surface area contributed by atoms with E-state index in [0.717, 1.165) is 9.21 Å². The molecule has 1 saturated heterocycles. The van der Waals surface area contributed by atoms with Gasteiger partial charge in [0.2, 0.25) is 5.91 Å². The Morgan fingerprint density at radius 3 is 2.73 bits per heavy atom. The minimum atomic E-state index is -0.716. The molecule has 0 bridgehead atoms. The van der Waals surface area contributed by atoms with Gasteiger partial charge in [-0.2, -0.15) is 9.78 Å². The van der Waals surface area contributed by atoms with E-state index in [0.29, 0.717) is 31.0 Å². The molecule has 1 amide bonds. The Balaban J connectivity index is 1.95. The summed E-state index contributed by atoms with van der Waals surface area (Å²) in [5, 5.41) is 10.6. The molecular formula is C18H23ClN4O2S. The fraction of sp³-hybridized carbons (Fsp3) is 0.500. The highest BCUT2D eigenvalue weighted by Gasteiger charge is 2.42. The molecule has 6 nitrogen and oxygen atoms in total. The van der Waals surface area contributed by atoms with Crippen molar-refractivity contribution in [2.45, 2.75) is 46.1 Å². The summed E-state index contributed by atoms with van der Waals surface area (Å²) in [7, 11) is 0. The maximum atomic E-state index is 12.9. The zero-order chi connectivity index (χ0) is 19.1. The summed E-state index contributed by atoms with van der Waals surface area (Å²) in [6.45, 7) is 8.57. The van der Waals surface area contributed by atoms with Crippen LogP contribution < -0.4 is 10.6 Å². The van der Waals surface area contributed by atoms with E-state index < -0.39 is 10.8 Å². The van der Waals surface area contributed by atoms with Crippen molar-refractivity contribution in [1.82, 2.24) is 15.1 Å². The number of carbonyl (C=O) groups is 2. The number of hydrogen-bond acceptors (Lipinski definition) is 5. The van der Waals surface area contributed by atoms with Crippen LogP contribution in [0.1, 0.15) is 49.5 Å². The molecule has 0 saturated carbocycles. The molecule has 0 aliphatic carbocycles. The summed E-state index contributed by atoms with van der Waals surface area (Å²) in [5.74, 6) is 0.407. The number of aromatic nitrogens is 2. The minimum Gasteiger partial charge on any atom is -0.365 e. The van der Waals surface area contributed by atoms with Crippen LogP contribution in [0.3, 0.4) is 0 Å². The SMILES string of the molecule is CC(C)(C)C(=O)n1nc(C2(C)CCNC2=O)cc1NCc1ccc(Cl)s1. The molecule has 3 rings (SSSR count). The third kappa shape index (κ3) is 3.50. The van der Waals surface area contributed by atoms with Gasteiger partial charge in [-0.25, -0.2) is 0 Å². The van der Waals surface area contributed by atoms with Crippen LogP contribution in [0.4, 0.5) is 5.82 Å². The van der Waals surface area contributed by atoms with Crippen LogP contribution in [0, 0.1) is 5.41 Å². The monoisotopic (exact) mass is 394 g/mol. The Labute approximate surface area is 161 Å². The van der Waals surface area contributed by atoms with E-state index in [1.54, 1.807) is 0 Å². The molecule has 1 fully saturated rings. The van der Waals surface area contributed by atoms with Crippen molar-refractivity contribution in [3.05, 3.63) is 33.1 Å². The fourth-order valence-corrected chi connectivity index (χ4v) is 3.88. The molecule has 0 spiro atoms. The molecule has 1 aliphatic heterocycles. The predicted octanol–water partition coefficient (Wildman–Crippen LogP) is 3.67. The zero-order valence-corrected chi connectivity index (χ0v) is 16.9. The summed E-state index contributed by atoms with van der Waals surface area (Å²) in [6, 6.07) is 5.60. The van der Waals surface area contributed by atoms with E-state index in [2.05, 4.69) is 15.7 Å². The van der Waals surface area contributed by atoms with Gasteiger partial charge in [-0.15, -0.1) is 11.3 Å². The topological polar surface area (TPSA) is 76.0 Å². The molecule has 2 aromatic rings. The standard InChI is InChI=1S/C18H23ClN4O2S/c1-17(2,3)16(25)23-14(21-10-11-5-6-13(19)26-11)9-12(22-23)18(4)7-8-20-15(18)24/h5-6,9,21H,7-8,10H2,1-4H3,(H,20,24). The molecule has 2 aromatic heterocycles. The van der Waals surface area contributed by atoms with Gasteiger partial charge in [-0.05, 0) is 25.5 Å². The van der Waals surface area contributed by atoms with Gasteiger partial charge >= 0.3 is 0 Å². The lowest BCUT2D eigenvalue weighted by atomic mass is 9.85. The number of nitrogens with zero attached hydrogens (tertiary/aromatic N) is 2. The van der Waals surface area contributed by atoms with E-state index >= 15 is 0 Å². The third-order valence-electron chi connectivity index (χ3n) is 4.59. The summed E-state index contributed by atoms with van der Waals surface area (Å²) >= 11 is 7.47. The second kappa shape index (κ2) is 6.70. The maximum Gasteiger partial charge on any atom is 0.254 e. The Hall–Kier alpha value is -1.86. The van der Waals surface area contributed by atoms with Crippen molar-refractivity contribution in [3.63, 3.8) is 0 Å². The zero-order valence-electron chi connectivity index (χ0n) is 15.4. The Morgan fingerprint density at radius 2 is 2.19 bits per heavy atom.